The minimum absolute atomic E-state index is 0. The Kier molecular flexibility index (Phi) is 5.10. The van der Waals surface area contributed by atoms with Crippen LogP contribution in [0.2, 0.25) is 0 Å². The molecular formula is C19H20ClFN2O4. The molecule has 0 radical (unpaired) electrons. The van der Waals surface area contributed by atoms with Crippen LogP contribution in [0.4, 0.5) is 4.39 Å². The molecule has 0 N–H and O–H groups in total. The van der Waals surface area contributed by atoms with Gasteiger partial charge in [-0.15, -0.1) is 12.4 Å². The quantitative estimate of drug-likeness (QED) is 0.731. The average Bonchev–Trinajstić information content (AvgIpc) is 3.17. The summed E-state index contributed by atoms with van der Waals surface area (Å²) in [6.07, 6.45) is 0. The van der Waals surface area contributed by atoms with Crippen LogP contribution in [0.3, 0.4) is 0 Å². The van der Waals surface area contributed by atoms with Crippen molar-refractivity contribution in [2.75, 3.05) is 33.4 Å². The van der Waals surface area contributed by atoms with Crippen LogP contribution in [0.1, 0.15) is 16.1 Å². The number of hydrogen-bond acceptors (Lipinski definition) is 5. The summed E-state index contributed by atoms with van der Waals surface area (Å²) in [5.41, 5.74) is 0.748. The van der Waals surface area contributed by atoms with Crippen molar-refractivity contribution >= 4 is 35.2 Å². The Hall–Kier alpha value is -2.25. The van der Waals surface area contributed by atoms with E-state index in [0.29, 0.717) is 35.3 Å². The van der Waals surface area contributed by atoms with Crippen molar-refractivity contribution in [3.05, 3.63) is 41.3 Å². The summed E-state index contributed by atoms with van der Waals surface area (Å²) in [5.74, 6) is -1.00. The number of halogens is 2. The van der Waals surface area contributed by atoms with Gasteiger partial charge >= 0.3 is 5.97 Å². The molecule has 2 aromatic rings. The molecule has 6 nitrogen and oxygen atoms in total. The second-order valence-electron chi connectivity index (χ2n) is 7.02. The molecule has 2 saturated heterocycles. The summed E-state index contributed by atoms with van der Waals surface area (Å²) in [4.78, 5) is 31.5. The van der Waals surface area contributed by atoms with Crippen LogP contribution in [0, 0.1) is 24.1 Å². The zero-order valence-electron chi connectivity index (χ0n) is 15.0. The second-order valence-corrected chi connectivity index (χ2v) is 7.02. The molecule has 3 heterocycles. The van der Waals surface area contributed by atoms with E-state index >= 15 is 0 Å². The molecule has 0 bridgehead atoms. The molecule has 1 aromatic heterocycles. The number of aryl methyl sites for hydroxylation is 1. The third-order valence-corrected chi connectivity index (χ3v) is 5.38. The first kappa shape index (κ1) is 19.5. The third kappa shape index (κ3) is 3.04. The first-order chi connectivity index (χ1) is 12.4. The number of methoxy groups -OCH3 is 1. The molecule has 1 aromatic carbocycles. The number of pyridine rings is 1. The maximum absolute atomic E-state index is 13.5. The van der Waals surface area contributed by atoms with Gasteiger partial charge in [0.15, 0.2) is 0 Å². The number of fused-ring (bicyclic) bond motifs is 2. The molecule has 2 atom stereocenters. The Morgan fingerprint density at radius 1 is 1.37 bits per heavy atom. The standard InChI is InChI=1S/C19H19FN2O4.ClH/c1-11-5-15(14-4-3-13(20)6-16(14)21-11)17(23)22-7-12-8-26-10-19(12,9-22)18(24)25-2;/h3-6,12H,7-10H2,1-2H3;1H/t12-,19-;/m0./s1. The van der Waals surface area contributed by atoms with Crippen molar-refractivity contribution in [2.45, 2.75) is 6.92 Å². The zero-order chi connectivity index (χ0) is 18.5. The van der Waals surface area contributed by atoms with E-state index in [0.717, 1.165) is 0 Å². The second kappa shape index (κ2) is 7.05. The van der Waals surface area contributed by atoms with Gasteiger partial charge in [0.2, 0.25) is 0 Å². The molecule has 8 heteroatoms. The van der Waals surface area contributed by atoms with E-state index in [1.165, 1.54) is 19.2 Å². The molecule has 2 aliphatic rings. The number of aromatic nitrogens is 1. The monoisotopic (exact) mass is 394 g/mol. The van der Waals surface area contributed by atoms with Crippen LogP contribution in [0.5, 0.6) is 0 Å². The Labute approximate surface area is 162 Å². The van der Waals surface area contributed by atoms with Gasteiger partial charge in [-0.3, -0.25) is 14.6 Å². The van der Waals surface area contributed by atoms with E-state index in [-0.39, 0.29) is 43.4 Å². The first-order valence-corrected chi connectivity index (χ1v) is 8.47. The molecule has 27 heavy (non-hydrogen) atoms. The largest absolute Gasteiger partial charge is 0.468 e. The number of carbonyl (C=O) groups excluding carboxylic acids is 2. The van der Waals surface area contributed by atoms with Crippen LogP contribution in [0.25, 0.3) is 10.9 Å². The lowest BCUT2D eigenvalue weighted by atomic mass is 9.81. The fourth-order valence-corrected chi connectivity index (χ4v) is 4.06. The summed E-state index contributed by atoms with van der Waals surface area (Å²) >= 11 is 0. The predicted octanol–water partition coefficient (Wildman–Crippen LogP) is 2.37. The fourth-order valence-electron chi connectivity index (χ4n) is 4.06. The molecule has 0 saturated carbocycles. The number of carbonyl (C=O) groups is 2. The maximum atomic E-state index is 13.5. The number of benzene rings is 1. The molecule has 2 aliphatic heterocycles. The van der Waals surface area contributed by atoms with Gasteiger partial charge in [-0.1, -0.05) is 0 Å². The van der Waals surface area contributed by atoms with Crippen LogP contribution in [-0.2, 0) is 14.3 Å². The molecule has 144 valence electrons. The van der Waals surface area contributed by atoms with E-state index in [9.17, 15) is 14.0 Å². The maximum Gasteiger partial charge on any atom is 0.316 e. The van der Waals surface area contributed by atoms with Gasteiger partial charge in [0.05, 0.1) is 31.4 Å². The van der Waals surface area contributed by atoms with E-state index in [1.807, 2.05) is 0 Å². The van der Waals surface area contributed by atoms with Gasteiger partial charge in [0, 0.05) is 36.2 Å². The molecule has 0 spiro atoms. The van der Waals surface area contributed by atoms with E-state index in [1.54, 1.807) is 24.0 Å². The van der Waals surface area contributed by atoms with Gasteiger partial charge in [-0.05, 0) is 25.1 Å². The summed E-state index contributed by atoms with van der Waals surface area (Å²) in [6, 6.07) is 5.92. The summed E-state index contributed by atoms with van der Waals surface area (Å²) in [6.45, 7) is 3.14. The van der Waals surface area contributed by atoms with Crippen LogP contribution < -0.4 is 0 Å². The van der Waals surface area contributed by atoms with Gasteiger partial charge < -0.3 is 14.4 Å². The molecule has 0 aliphatic carbocycles. The lowest BCUT2D eigenvalue weighted by Crippen LogP contribution is -2.41. The minimum Gasteiger partial charge on any atom is -0.468 e. The number of hydrogen-bond donors (Lipinski definition) is 0. The van der Waals surface area contributed by atoms with Gasteiger partial charge in [-0.25, -0.2) is 4.39 Å². The van der Waals surface area contributed by atoms with E-state index in [4.69, 9.17) is 9.47 Å². The predicted molar refractivity (Wildman–Crippen MR) is 98.3 cm³/mol. The highest BCUT2D eigenvalue weighted by Crippen LogP contribution is 2.43. The highest BCUT2D eigenvalue weighted by atomic mass is 35.5. The number of ether oxygens (including phenoxy) is 2. The van der Waals surface area contributed by atoms with Crippen molar-refractivity contribution in [1.82, 2.24) is 9.88 Å². The normalized spacial score (nSPS) is 23.8. The van der Waals surface area contributed by atoms with Crippen molar-refractivity contribution in [3.8, 4) is 0 Å². The topological polar surface area (TPSA) is 68.7 Å². The van der Waals surface area contributed by atoms with Crippen LogP contribution in [-0.4, -0.2) is 55.2 Å². The lowest BCUT2D eigenvalue weighted by molar-refractivity contribution is -0.153. The fraction of sp³-hybridized carbons (Fsp3) is 0.421. The molecule has 1 amide bonds. The number of amides is 1. The SMILES string of the molecule is COC(=O)[C@@]12COC[C@@H]1CN(C(=O)c1cc(C)nc3cc(F)ccc13)C2.Cl. The Bertz CT molecular complexity index is 917. The van der Waals surface area contributed by atoms with Gasteiger partial charge in [-0.2, -0.15) is 0 Å². The molecule has 2 fully saturated rings. The minimum atomic E-state index is -0.797. The van der Waals surface area contributed by atoms with Crippen LogP contribution >= 0.6 is 12.4 Å². The molecular weight excluding hydrogens is 375 g/mol. The highest BCUT2D eigenvalue weighted by Gasteiger charge is 2.57. The number of rotatable bonds is 2. The average molecular weight is 395 g/mol. The van der Waals surface area contributed by atoms with Gasteiger partial charge in [0.1, 0.15) is 11.2 Å². The Balaban J connectivity index is 0.00000210. The van der Waals surface area contributed by atoms with Crippen LogP contribution in [0.15, 0.2) is 24.3 Å². The molecule has 4 rings (SSSR count). The zero-order valence-corrected chi connectivity index (χ0v) is 15.8. The summed E-state index contributed by atoms with van der Waals surface area (Å²) in [5, 5.41) is 0.599. The lowest BCUT2D eigenvalue weighted by Gasteiger charge is -2.24. The van der Waals surface area contributed by atoms with Crippen molar-refractivity contribution in [1.29, 1.82) is 0 Å². The van der Waals surface area contributed by atoms with E-state index in [2.05, 4.69) is 4.98 Å². The molecule has 0 unspecified atom stereocenters. The van der Waals surface area contributed by atoms with Gasteiger partial charge in [0.25, 0.3) is 5.91 Å². The summed E-state index contributed by atoms with van der Waals surface area (Å²) in [7, 11) is 1.35. The van der Waals surface area contributed by atoms with E-state index < -0.39 is 11.2 Å². The van der Waals surface area contributed by atoms with Crippen molar-refractivity contribution in [3.63, 3.8) is 0 Å². The number of likely N-dealkylation sites (tertiary alicyclic amines) is 1. The first-order valence-electron chi connectivity index (χ1n) is 8.47. The third-order valence-electron chi connectivity index (χ3n) is 5.38. The highest BCUT2D eigenvalue weighted by molar-refractivity contribution is 6.06. The summed E-state index contributed by atoms with van der Waals surface area (Å²) < 4.78 is 24.0. The van der Waals surface area contributed by atoms with Crippen molar-refractivity contribution in [2.24, 2.45) is 11.3 Å². The number of esters is 1. The smallest absolute Gasteiger partial charge is 0.316 e. The van der Waals surface area contributed by atoms with Crippen molar-refractivity contribution < 1.29 is 23.5 Å². The Morgan fingerprint density at radius 3 is 2.89 bits per heavy atom. The Morgan fingerprint density at radius 2 is 2.15 bits per heavy atom. The number of nitrogens with zero attached hydrogens (tertiary/aromatic N) is 2.